The zero-order valence-corrected chi connectivity index (χ0v) is 7.08. The number of imide groups is 1. The topological polar surface area (TPSA) is 92.5 Å². The Hall–Kier alpha value is -1.59. The summed E-state index contributed by atoms with van der Waals surface area (Å²) >= 11 is 0. The predicted molar refractivity (Wildman–Crippen MR) is 43.5 cm³/mol. The zero-order valence-electron chi connectivity index (χ0n) is 7.08. The Morgan fingerprint density at radius 1 is 1.54 bits per heavy atom. The van der Waals surface area contributed by atoms with Crippen LogP contribution in [0.1, 0.15) is 12.8 Å². The molecule has 0 bridgehead atoms. The van der Waals surface area contributed by atoms with E-state index in [1.807, 2.05) is 0 Å². The SMILES string of the molecule is NC(=O)CCCN1C(=O)CNC1=O. The minimum absolute atomic E-state index is 0.0510. The number of urea groups is 1. The molecule has 13 heavy (non-hydrogen) atoms. The highest BCUT2D eigenvalue weighted by molar-refractivity contribution is 6.01. The minimum Gasteiger partial charge on any atom is -0.370 e. The van der Waals surface area contributed by atoms with Crippen molar-refractivity contribution in [1.82, 2.24) is 10.2 Å². The standard InChI is InChI=1S/C7H11N3O3/c8-5(11)2-1-3-10-6(12)4-9-7(10)13/h1-4H2,(H2,8,11)(H,9,13). The lowest BCUT2D eigenvalue weighted by molar-refractivity contribution is -0.125. The summed E-state index contributed by atoms with van der Waals surface area (Å²) < 4.78 is 0. The molecule has 0 spiro atoms. The van der Waals surface area contributed by atoms with E-state index < -0.39 is 11.9 Å². The number of nitrogens with two attached hydrogens (primary N) is 1. The highest BCUT2D eigenvalue weighted by Crippen LogP contribution is 2.01. The molecule has 0 aromatic carbocycles. The maximum absolute atomic E-state index is 11.0. The molecule has 6 heteroatoms. The van der Waals surface area contributed by atoms with Gasteiger partial charge in [-0.2, -0.15) is 0 Å². The van der Waals surface area contributed by atoms with E-state index in [0.717, 1.165) is 4.90 Å². The van der Waals surface area contributed by atoms with Crippen molar-refractivity contribution in [3.05, 3.63) is 0 Å². The van der Waals surface area contributed by atoms with Crippen LogP contribution in [0.3, 0.4) is 0 Å². The summed E-state index contributed by atoms with van der Waals surface area (Å²) in [5.41, 5.74) is 4.90. The highest BCUT2D eigenvalue weighted by Gasteiger charge is 2.27. The van der Waals surface area contributed by atoms with Crippen LogP contribution in [0.25, 0.3) is 0 Å². The van der Waals surface area contributed by atoms with Gasteiger partial charge in [-0.1, -0.05) is 0 Å². The van der Waals surface area contributed by atoms with Gasteiger partial charge in [0.2, 0.25) is 11.8 Å². The number of nitrogens with zero attached hydrogens (tertiary/aromatic N) is 1. The summed E-state index contributed by atoms with van der Waals surface area (Å²) in [6.45, 7) is 0.309. The second-order valence-corrected chi connectivity index (χ2v) is 2.77. The molecule has 0 unspecified atom stereocenters. The Morgan fingerprint density at radius 2 is 2.23 bits per heavy atom. The second kappa shape index (κ2) is 3.88. The molecule has 0 aromatic heterocycles. The molecule has 1 heterocycles. The van der Waals surface area contributed by atoms with E-state index in [2.05, 4.69) is 5.32 Å². The largest absolute Gasteiger partial charge is 0.370 e. The zero-order chi connectivity index (χ0) is 9.84. The summed E-state index contributed by atoms with van der Waals surface area (Å²) in [4.78, 5) is 33.4. The first kappa shape index (κ1) is 9.50. The van der Waals surface area contributed by atoms with Gasteiger partial charge in [-0.15, -0.1) is 0 Å². The average molecular weight is 185 g/mol. The Kier molecular flexibility index (Phi) is 2.84. The van der Waals surface area contributed by atoms with Crippen molar-refractivity contribution >= 4 is 17.8 Å². The van der Waals surface area contributed by atoms with Crippen LogP contribution in [-0.4, -0.2) is 35.8 Å². The van der Waals surface area contributed by atoms with Crippen LogP contribution in [0, 0.1) is 0 Å². The number of hydrogen-bond donors (Lipinski definition) is 2. The van der Waals surface area contributed by atoms with Crippen molar-refractivity contribution in [2.75, 3.05) is 13.1 Å². The minimum atomic E-state index is -0.424. The fourth-order valence-corrected chi connectivity index (χ4v) is 1.09. The van der Waals surface area contributed by atoms with Crippen molar-refractivity contribution in [2.45, 2.75) is 12.8 Å². The van der Waals surface area contributed by atoms with Gasteiger partial charge in [-0.25, -0.2) is 4.79 Å². The smallest absolute Gasteiger partial charge is 0.324 e. The molecule has 72 valence electrons. The summed E-state index contributed by atoms with van der Waals surface area (Å²) in [5.74, 6) is -0.679. The van der Waals surface area contributed by atoms with Crippen molar-refractivity contribution in [1.29, 1.82) is 0 Å². The monoisotopic (exact) mass is 185 g/mol. The average Bonchev–Trinajstić information content (AvgIpc) is 2.34. The summed E-state index contributed by atoms with van der Waals surface area (Å²) in [6, 6.07) is -0.394. The Balaban J connectivity index is 2.31. The van der Waals surface area contributed by atoms with Crippen molar-refractivity contribution in [2.24, 2.45) is 5.73 Å². The Bertz CT molecular complexity index is 235. The fourth-order valence-electron chi connectivity index (χ4n) is 1.09. The van der Waals surface area contributed by atoms with Gasteiger partial charge in [0.25, 0.3) is 0 Å². The molecule has 0 atom stereocenters. The van der Waals surface area contributed by atoms with Crippen molar-refractivity contribution < 1.29 is 14.4 Å². The summed E-state index contributed by atoms with van der Waals surface area (Å²) in [7, 11) is 0. The third kappa shape index (κ3) is 2.43. The third-order valence-electron chi connectivity index (χ3n) is 1.74. The molecule has 0 saturated carbocycles. The van der Waals surface area contributed by atoms with Gasteiger partial charge in [0, 0.05) is 13.0 Å². The van der Waals surface area contributed by atoms with Gasteiger partial charge in [0.15, 0.2) is 0 Å². The molecule has 4 amide bonds. The van der Waals surface area contributed by atoms with Gasteiger partial charge < -0.3 is 11.1 Å². The van der Waals surface area contributed by atoms with E-state index in [-0.39, 0.29) is 25.4 Å². The summed E-state index contributed by atoms with van der Waals surface area (Å²) in [6.07, 6.45) is 0.617. The fraction of sp³-hybridized carbons (Fsp3) is 0.571. The van der Waals surface area contributed by atoms with Crippen LogP contribution >= 0.6 is 0 Å². The van der Waals surface area contributed by atoms with Crippen LogP contribution in [0.15, 0.2) is 0 Å². The van der Waals surface area contributed by atoms with E-state index in [9.17, 15) is 14.4 Å². The quantitative estimate of drug-likeness (QED) is 0.539. The molecule has 1 fully saturated rings. The van der Waals surface area contributed by atoms with Crippen LogP contribution in [0.2, 0.25) is 0 Å². The lowest BCUT2D eigenvalue weighted by Crippen LogP contribution is -2.32. The second-order valence-electron chi connectivity index (χ2n) is 2.77. The van der Waals surface area contributed by atoms with Crippen LogP contribution in [0.5, 0.6) is 0 Å². The van der Waals surface area contributed by atoms with Crippen LogP contribution in [-0.2, 0) is 9.59 Å². The highest BCUT2D eigenvalue weighted by atomic mass is 16.2. The molecular formula is C7H11N3O3. The maximum atomic E-state index is 11.0. The Morgan fingerprint density at radius 3 is 2.69 bits per heavy atom. The first-order valence-corrected chi connectivity index (χ1v) is 3.98. The number of primary amides is 1. The number of rotatable bonds is 4. The van der Waals surface area contributed by atoms with E-state index in [0.29, 0.717) is 6.42 Å². The van der Waals surface area contributed by atoms with E-state index >= 15 is 0 Å². The number of carbonyl (C=O) groups excluding carboxylic acids is 3. The maximum Gasteiger partial charge on any atom is 0.324 e. The lowest BCUT2D eigenvalue weighted by Gasteiger charge is -2.10. The van der Waals surface area contributed by atoms with Crippen LogP contribution < -0.4 is 11.1 Å². The third-order valence-corrected chi connectivity index (χ3v) is 1.74. The van der Waals surface area contributed by atoms with Gasteiger partial charge in [-0.3, -0.25) is 14.5 Å². The molecule has 0 aliphatic carbocycles. The number of hydrogen-bond acceptors (Lipinski definition) is 3. The Labute approximate surface area is 75.1 Å². The molecule has 0 radical (unpaired) electrons. The van der Waals surface area contributed by atoms with Gasteiger partial charge in [0.1, 0.15) is 0 Å². The molecule has 1 saturated heterocycles. The van der Waals surface area contributed by atoms with Crippen molar-refractivity contribution in [3.8, 4) is 0 Å². The first-order chi connectivity index (χ1) is 6.11. The molecule has 6 nitrogen and oxygen atoms in total. The van der Waals surface area contributed by atoms with Crippen molar-refractivity contribution in [3.63, 3.8) is 0 Å². The predicted octanol–water partition coefficient (Wildman–Crippen LogP) is -1.20. The molecular weight excluding hydrogens is 174 g/mol. The van der Waals surface area contributed by atoms with E-state index in [4.69, 9.17) is 5.73 Å². The first-order valence-electron chi connectivity index (χ1n) is 3.98. The molecule has 1 aliphatic rings. The number of nitrogens with one attached hydrogen (secondary N) is 1. The van der Waals surface area contributed by atoms with Gasteiger partial charge in [-0.05, 0) is 6.42 Å². The molecule has 0 aromatic rings. The summed E-state index contributed by atoms with van der Waals surface area (Å²) in [5, 5.41) is 2.38. The number of carbonyl (C=O) groups is 3. The molecule has 1 aliphatic heterocycles. The molecule has 1 rings (SSSR count). The normalized spacial score (nSPS) is 16.2. The van der Waals surface area contributed by atoms with E-state index in [1.165, 1.54) is 0 Å². The number of amides is 4. The van der Waals surface area contributed by atoms with Gasteiger partial charge in [0.05, 0.1) is 6.54 Å². The lowest BCUT2D eigenvalue weighted by atomic mass is 10.3. The molecule has 3 N–H and O–H groups in total. The van der Waals surface area contributed by atoms with Crippen LogP contribution in [0.4, 0.5) is 4.79 Å². The van der Waals surface area contributed by atoms with Gasteiger partial charge >= 0.3 is 6.03 Å². The van der Waals surface area contributed by atoms with E-state index in [1.54, 1.807) is 0 Å².